The van der Waals surface area contributed by atoms with E-state index in [4.69, 9.17) is 0 Å². The van der Waals surface area contributed by atoms with Gasteiger partial charge in [0.1, 0.15) is 6.54 Å². The fraction of sp³-hybridized carbons (Fsp3) is 0.292. The third kappa shape index (κ3) is 4.43. The van der Waals surface area contributed by atoms with Gasteiger partial charge in [-0.1, -0.05) is 48.5 Å². The Hall–Kier alpha value is -3.41. The van der Waals surface area contributed by atoms with Crippen molar-refractivity contribution in [1.29, 1.82) is 0 Å². The summed E-state index contributed by atoms with van der Waals surface area (Å²) in [4.78, 5) is 39.9. The van der Waals surface area contributed by atoms with Gasteiger partial charge in [-0.2, -0.15) is 0 Å². The zero-order valence-corrected chi connectivity index (χ0v) is 17.6. The maximum absolute atomic E-state index is 13.0. The van der Waals surface area contributed by atoms with Crippen LogP contribution in [-0.4, -0.2) is 40.2 Å². The number of rotatable bonds is 8. The van der Waals surface area contributed by atoms with Gasteiger partial charge < -0.3 is 14.8 Å². The molecular formula is C24H27N3O3. The Kier molecular flexibility index (Phi) is 6.67. The molecule has 0 radical (unpaired) electrons. The van der Waals surface area contributed by atoms with Gasteiger partial charge in [0.2, 0.25) is 5.91 Å². The van der Waals surface area contributed by atoms with Crippen molar-refractivity contribution in [3.63, 3.8) is 0 Å². The van der Waals surface area contributed by atoms with E-state index in [1.807, 2.05) is 69.3 Å². The highest BCUT2D eigenvalue weighted by Gasteiger charge is 2.24. The van der Waals surface area contributed by atoms with Crippen LogP contribution in [0.25, 0.3) is 10.9 Å². The summed E-state index contributed by atoms with van der Waals surface area (Å²) < 4.78 is 1.75. The van der Waals surface area contributed by atoms with Crippen LogP contribution in [0.4, 0.5) is 0 Å². The summed E-state index contributed by atoms with van der Waals surface area (Å²) in [6.07, 6.45) is 1.61. The molecule has 2 aromatic carbocycles. The molecule has 1 heterocycles. The molecule has 1 N–H and O–H groups in total. The monoisotopic (exact) mass is 405 g/mol. The van der Waals surface area contributed by atoms with Crippen LogP contribution in [0, 0.1) is 0 Å². The molecule has 0 bridgehead atoms. The predicted molar refractivity (Wildman–Crippen MR) is 117 cm³/mol. The fourth-order valence-corrected chi connectivity index (χ4v) is 3.59. The summed E-state index contributed by atoms with van der Waals surface area (Å²) in [5, 5.41) is 3.44. The fourth-order valence-electron chi connectivity index (χ4n) is 3.59. The third-order valence-electron chi connectivity index (χ3n) is 5.31. The van der Waals surface area contributed by atoms with Crippen LogP contribution in [0.5, 0.6) is 0 Å². The van der Waals surface area contributed by atoms with E-state index in [0.717, 1.165) is 11.1 Å². The number of nitrogens with one attached hydrogen (secondary N) is 1. The molecule has 30 heavy (non-hydrogen) atoms. The van der Waals surface area contributed by atoms with E-state index < -0.39 is 11.7 Å². The molecule has 0 aliphatic rings. The lowest BCUT2D eigenvalue weighted by molar-refractivity contribution is -0.131. The summed E-state index contributed by atoms with van der Waals surface area (Å²) in [6, 6.07) is 16.5. The Morgan fingerprint density at radius 2 is 1.60 bits per heavy atom. The van der Waals surface area contributed by atoms with Crippen molar-refractivity contribution >= 4 is 28.5 Å². The average Bonchev–Trinajstić information content (AvgIpc) is 3.13. The molecule has 3 rings (SSSR count). The highest BCUT2D eigenvalue weighted by atomic mass is 16.2. The molecule has 0 fully saturated rings. The normalized spacial score (nSPS) is 11.8. The second kappa shape index (κ2) is 9.39. The van der Waals surface area contributed by atoms with Crippen LogP contribution in [0.15, 0.2) is 60.8 Å². The largest absolute Gasteiger partial charge is 0.343 e. The van der Waals surface area contributed by atoms with Crippen LogP contribution in [0.3, 0.4) is 0 Å². The van der Waals surface area contributed by atoms with E-state index >= 15 is 0 Å². The van der Waals surface area contributed by atoms with Gasteiger partial charge in [0.15, 0.2) is 0 Å². The van der Waals surface area contributed by atoms with Gasteiger partial charge >= 0.3 is 0 Å². The van der Waals surface area contributed by atoms with E-state index in [0.29, 0.717) is 24.0 Å². The number of hydrogen-bond donors (Lipinski definition) is 1. The molecule has 0 aliphatic carbocycles. The average molecular weight is 405 g/mol. The van der Waals surface area contributed by atoms with Crippen molar-refractivity contribution < 1.29 is 14.4 Å². The van der Waals surface area contributed by atoms with Crippen molar-refractivity contribution in [2.45, 2.75) is 33.4 Å². The summed E-state index contributed by atoms with van der Waals surface area (Å²) in [5.41, 5.74) is 1.98. The summed E-state index contributed by atoms with van der Waals surface area (Å²) in [6.45, 7) is 7.08. The van der Waals surface area contributed by atoms with Gasteiger partial charge in [-0.15, -0.1) is 0 Å². The lowest BCUT2D eigenvalue weighted by Crippen LogP contribution is -2.33. The van der Waals surface area contributed by atoms with Crippen LogP contribution >= 0.6 is 0 Å². The number of Topliss-reactive ketones (excluding diaryl/α,β-unsaturated/α-hetero) is 1. The van der Waals surface area contributed by atoms with Gasteiger partial charge in [-0.3, -0.25) is 14.4 Å². The summed E-state index contributed by atoms with van der Waals surface area (Å²) in [7, 11) is 0. The number of nitrogens with zero attached hydrogens (tertiary/aromatic N) is 2. The highest BCUT2D eigenvalue weighted by Crippen LogP contribution is 2.22. The summed E-state index contributed by atoms with van der Waals surface area (Å²) in [5.74, 6) is -1.30. The minimum Gasteiger partial charge on any atom is -0.343 e. The van der Waals surface area contributed by atoms with Crippen molar-refractivity contribution in [3.05, 3.63) is 71.9 Å². The lowest BCUT2D eigenvalue weighted by Gasteiger charge is -2.19. The van der Waals surface area contributed by atoms with E-state index in [-0.39, 0.29) is 18.5 Å². The topological polar surface area (TPSA) is 71.4 Å². The highest BCUT2D eigenvalue weighted by molar-refractivity contribution is 6.45. The first-order chi connectivity index (χ1) is 14.5. The quantitative estimate of drug-likeness (QED) is 0.460. The molecule has 1 aromatic heterocycles. The van der Waals surface area contributed by atoms with E-state index in [1.54, 1.807) is 21.7 Å². The molecule has 1 unspecified atom stereocenters. The lowest BCUT2D eigenvalue weighted by atomic mass is 10.1. The second-order valence-electron chi connectivity index (χ2n) is 7.19. The SMILES string of the molecule is CCN(CC)C(=O)Cn1cc(C(=O)C(=O)NC(C)c2ccccc2)c2ccccc21. The number of hydrogen-bond acceptors (Lipinski definition) is 3. The van der Waals surface area contributed by atoms with Gasteiger partial charge in [0.25, 0.3) is 11.7 Å². The first kappa shape index (κ1) is 21.3. The first-order valence-corrected chi connectivity index (χ1v) is 10.2. The third-order valence-corrected chi connectivity index (χ3v) is 5.31. The van der Waals surface area contributed by atoms with Crippen molar-refractivity contribution in [2.24, 2.45) is 0 Å². The number of ketones is 1. The second-order valence-corrected chi connectivity index (χ2v) is 7.19. The van der Waals surface area contributed by atoms with Crippen LogP contribution < -0.4 is 5.32 Å². The first-order valence-electron chi connectivity index (χ1n) is 10.2. The molecule has 1 atom stereocenters. The molecular weight excluding hydrogens is 378 g/mol. The number of para-hydroxylation sites is 1. The Morgan fingerprint density at radius 3 is 2.27 bits per heavy atom. The van der Waals surface area contributed by atoms with Crippen molar-refractivity contribution in [2.75, 3.05) is 13.1 Å². The molecule has 3 aromatic rings. The van der Waals surface area contributed by atoms with Crippen molar-refractivity contribution in [1.82, 2.24) is 14.8 Å². The standard InChI is InChI=1S/C24H27N3O3/c1-4-26(5-2)22(28)16-27-15-20(19-13-9-10-14-21(19)27)23(29)24(30)25-17(3)18-11-7-6-8-12-18/h6-15,17H,4-5,16H2,1-3H3,(H,25,30). The maximum atomic E-state index is 13.0. The molecule has 2 amide bonds. The number of benzene rings is 2. The molecule has 0 spiro atoms. The number of likely N-dealkylation sites (N-methyl/N-ethyl adjacent to an activating group) is 1. The zero-order chi connectivity index (χ0) is 21.7. The molecule has 6 nitrogen and oxygen atoms in total. The Morgan fingerprint density at radius 1 is 0.967 bits per heavy atom. The Labute approximate surface area is 176 Å². The molecule has 0 saturated heterocycles. The van der Waals surface area contributed by atoms with Gasteiger partial charge in [-0.25, -0.2) is 0 Å². The van der Waals surface area contributed by atoms with E-state index in [9.17, 15) is 14.4 Å². The summed E-state index contributed by atoms with van der Waals surface area (Å²) >= 11 is 0. The van der Waals surface area contributed by atoms with E-state index in [1.165, 1.54) is 0 Å². The number of amides is 2. The smallest absolute Gasteiger partial charge is 0.292 e. The minimum absolute atomic E-state index is 0.0260. The molecule has 6 heteroatoms. The van der Waals surface area contributed by atoms with Gasteiger partial charge in [0.05, 0.1) is 11.6 Å². The van der Waals surface area contributed by atoms with Crippen LogP contribution in [0.1, 0.15) is 42.7 Å². The molecule has 0 aliphatic heterocycles. The van der Waals surface area contributed by atoms with Gasteiger partial charge in [0, 0.05) is 30.2 Å². The van der Waals surface area contributed by atoms with E-state index in [2.05, 4.69) is 5.32 Å². The van der Waals surface area contributed by atoms with Crippen molar-refractivity contribution in [3.8, 4) is 0 Å². The van der Waals surface area contributed by atoms with Gasteiger partial charge in [-0.05, 0) is 32.4 Å². The maximum Gasteiger partial charge on any atom is 0.292 e. The number of carbonyl (C=O) groups is 3. The Balaban J connectivity index is 1.85. The number of carbonyl (C=O) groups excluding carboxylic acids is 3. The van der Waals surface area contributed by atoms with Crippen LogP contribution in [-0.2, 0) is 16.1 Å². The minimum atomic E-state index is -0.663. The zero-order valence-electron chi connectivity index (χ0n) is 17.6. The molecule has 0 saturated carbocycles. The predicted octanol–water partition coefficient (Wildman–Crippen LogP) is 3.57. The number of fused-ring (bicyclic) bond motifs is 1. The number of aromatic nitrogens is 1. The molecule has 156 valence electrons. The Bertz CT molecular complexity index is 1050. The van der Waals surface area contributed by atoms with Crippen LogP contribution in [0.2, 0.25) is 0 Å².